The second-order valence-corrected chi connectivity index (χ2v) is 5.17. The highest BCUT2D eigenvalue weighted by Gasteiger charge is 2.22. The van der Waals surface area contributed by atoms with Gasteiger partial charge in [0.2, 0.25) is 0 Å². The number of rotatable bonds is 5. The average molecular weight is 261 g/mol. The van der Waals surface area contributed by atoms with Crippen molar-refractivity contribution in [3.63, 3.8) is 0 Å². The van der Waals surface area contributed by atoms with Crippen LogP contribution in [0.3, 0.4) is 0 Å². The highest BCUT2D eigenvalue weighted by molar-refractivity contribution is 6.42. The van der Waals surface area contributed by atoms with E-state index < -0.39 is 5.60 Å². The first-order chi connectivity index (χ1) is 7.47. The molecule has 1 aromatic rings. The zero-order valence-corrected chi connectivity index (χ0v) is 11.3. The number of hydrogen-bond donors (Lipinski definition) is 1. The van der Waals surface area contributed by atoms with Crippen LogP contribution in [0, 0.1) is 0 Å². The molecule has 1 atom stereocenters. The number of hydrogen-bond acceptors (Lipinski definition) is 1. The molecule has 0 aliphatic heterocycles. The van der Waals surface area contributed by atoms with Gasteiger partial charge in [-0.2, -0.15) is 0 Å². The lowest BCUT2D eigenvalue weighted by Gasteiger charge is -2.24. The molecule has 0 heterocycles. The second kappa shape index (κ2) is 5.90. The van der Waals surface area contributed by atoms with Gasteiger partial charge in [-0.3, -0.25) is 0 Å². The van der Waals surface area contributed by atoms with Crippen LogP contribution in [-0.4, -0.2) is 5.11 Å². The van der Waals surface area contributed by atoms with Crippen LogP contribution in [0.25, 0.3) is 0 Å². The van der Waals surface area contributed by atoms with Crippen molar-refractivity contribution in [3.8, 4) is 0 Å². The summed E-state index contributed by atoms with van der Waals surface area (Å²) >= 11 is 11.8. The highest BCUT2D eigenvalue weighted by atomic mass is 35.5. The van der Waals surface area contributed by atoms with E-state index in [1.165, 1.54) is 0 Å². The summed E-state index contributed by atoms with van der Waals surface area (Å²) in [6, 6.07) is 5.31. The van der Waals surface area contributed by atoms with E-state index in [-0.39, 0.29) is 0 Å². The SMILES string of the molecule is CCCCCC(C)(O)c1ccc(Cl)c(Cl)c1. The quantitative estimate of drug-likeness (QED) is 0.756. The molecule has 0 amide bonds. The molecule has 0 saturated carbocycles. The standard InChI is InChI=1S/C13H18Cl2O/c1-3-4-5-8-13(2,16)10-6-7-11(14)12(15)9-10/h6-7,9,16H,3-5,8H2,1-2H3. The summed E-state index contributed by atoms with van der Waals surface area (Å²) in [6.07, 6.45) is 4.05. The normalized spacial score (nSPS) is 14.8. The fraction of sp³-hybridized carbons (Fsp3) is 0.538. The Balaban J connectivity index is 2.76. The van der Waals surface area contributed by atoms with Gasteiger partial charge in [0.25, 0.3) is 0 Å². The van der Waals surface area contributed by atoms with Gasteiger partial charge in [0, 0.05) is 0 Å². The predicted molar refractivity (Wildman–Crippen MR) is 70.2 cm³/mol. The smallest absolute Gasteiger partial charge is 0.0869 e. The number of benzene rings is 1. The van der Waals surface area contributed by atoms with Gasteiger partial charge in [0.05, 0.1) is 15.6 Å². The first kappa shape index (κ1) is 13.8. The molecule has 16 heavy (non-hydrogen) atoms. The molecule has 1 aromatic carbocycles. The number of aliphatic hydroxyl groups is 1. The maximum absolute atomic E-state index is 10.3. The molecule has 1 N–H and O–H groups in total. The van der Waals surface area contributed by atoms with Crippen LogP contribution in [-0.2, 0) is 5.60 Å². The Morgan fingerprint density at radius 1 is 1.19 bits per heavy atom. The van der Waals surface area contributed by atoms with Crippen molar-refractivity contribution >= 4 is 23.2 Å². The third-order valence-electron chi connectivity index (χ3n) is 2.81. The van der Waals surface area contributed by atoms with Gasteiger partial charge in [0.15, 0.2) is 0 Å². The number of unbranched alkanes of at least 4 members (excludes halogenated alkanes) is 2. The molecule has 3 heteroatoms. The largest absolute Gasteiger partial charge is 0.385 e. The zero-order chi connectivity index (χ0) is 12.2. The molecule has 0 aromatic heterocycles. The third kappa shape index (κ3) is 3.65. The summed E-state index contributed by atoms with van der Waals surface area (Å²) in [5.74, 6) is 0. The van der Waals surface area contributed by atoms with Crippen molar-refractivity contribution in [3.05, 3.63) is 33.8 Å². The predicted octanol–water partition coefficient (Wildman–Crippen LogP) is 4.78. The van der Waals surface area contributed by atoms with Crippen LogP contribution in [0.1, 0.15) is 45.1 Å². The lowest BCUT2D eigenvalue weighted by Crippen LogP contribution is -2.20. The van der Waals surface area contributed by atoms with E-state index in [0.717, 1.165) is 31.2 Å². The molecule has 1 nitrogen and oxygen atoms in total. The first-order valence-corrected chi connectivity index (χ1v) is 6.41. The Kier molecular flexibility index (Phi) is 5.10. The van der Waals surface area contributed by atoms with Crippen LogP contribution < -0.4 is 0 Å². The number of halogens is 2. The molecule has 90 valence electrons. The summed E-state index contributed by atoms with van der Waals surface area (Å²) in [5.41, 5.74) is 0.0154. The van der Waals surface area contributed by atoms with Crippen molar-refractivity contribution in [2.45, 2.75) is 45.1 Å². The molecule has 0 aliphatic rings. The fourth-order valence-electron chi connectivity index (χ4n) is 1.69. The Bertz CT molecular complexity index is 348. The lowest BCUT2D eigenvalue weighted by molar-refractivity contribution is 0.0450. The minimum absolute atomic E-state index is 0.495. The van der Waals surface area contributed by atoms with E-state index in [1.807, 2.05) is 13.0 Å². The van der Waals surface area contributed by atoms with Gasteiger partial charge in [-0.25, -0.2) is 0 Å². The third-order valence-corrected chi connectivity index (χ3v) is 3.55. The molecule has 0 spiro atoms. The van der Waals surface area contributed by atoms with E-state index in [1.54, 1.807) is 12.1 Å². The van der Waals surface area contributed by atoms with Gasteiger partial charge in [-0.1, -0.05) is 55.5 Å². The van der Waals surface area contributed by atoms with Crippen LogP contribution in [0.4, 0.5) is 0 Å². The van der Waals surface area contributed by atoms with Gasteiger partial charge in [0.1, 0.15) is 0 Å². The van der Waals surface area contributed by atoms with Gasteiger partial charge in [-0.05, 0) is 31.0 Å². The minimum Gasteiger partial charge on any atom is -0.385 e. The topological polar surface area (TPSA) is 20.2 Å². The van der Waals surface area contributed by atoms with Crippen LogP contribution in [0.15, 0.2) is 18.2 Å². The van der Waals surface area contributed by atoms with E-state index in [0.29, 0.717) is 10.0 Å². The summed E-state index contributed by atoms with van der Waals surface area (Å²) in [4.78, 5) is 0. The summed E-state index contributed by atoms with van der Waals surface area (Å²) in [5, 5.41) is 11.3. The molecule has 0 aliphatic carbocycles. The van der Waals surface area contributed by atoms with E-state index in [4.69, 9.17) is 23.2 Å². The van der Waals surface area contributed by atoms with Crippen LogP contribution >= 0.6 is 23.2 Å². The maximum atomic E-state index is 10.3. The van der Waals surface area contributed by atoms with Crippen molar-refractivity contribution in [2.75, 3.05) is 0 Å². The Morgan fingerprint density at radius 2 is 1.88 bits per heavy atom. The second-order valence-electron chi connectivity index (χ2n) is 4.36. The average Bonchev–Trinajstić information content (AvgIpc) is 2.22. The Labute approximate surface area is 107 Å². The Hall–Kier alpha value is -0.240. The fourth-order valence-corrected chi connectivity index (χ4v) is 1.99. The highest BCUT2D eigenvalue weighted by Crippen LogP contribution is 2.31. The molecule has 0 saturated heterocycles. The van der Waals surface area contributed by atoms with Crippen LogP contribution in [0.5, 0.6) is 0 Å². The van der Waals surface area contributed by atoms with Crippen molar-refractivity contribution in [1.82, 2.24) is 0 Å². The molecular formula is C13H18Cl2O. The van der Waals surface area contributed by atoms with Gasteiger partial charge in [-0.15, -0.1) is 0 Å². The van der Waals surface area contributed by atoms with Gasteiger partial charge >= 0.3 is 0 Å². The Morgan fingerprint density at radius 3 is 2.44 bits per heavy atom. The van der Waals surface area contributed by atoms with E-state index in [9.17, 15) is 5.11 Å². The molecular weight excluding hydrogens is 243 g/mol. The maximum Gasteiger partial charge on any atom is 0.0869 e. The molecule has 0 bridgehead atoms. The van der Waals surface area contributed by atoms with Gasteiger partial charge < -0.3 is 5.11 Å². The molecule has 1 unspecified atom stereocenters. The summed E-state index contributed by atoms with van der Waals surface area (Å²) in [7, 11) is 0. The first-order valence-electron chi connectivity index (χ1n) is 5.65. The van der Waals surface area contributed by atoms with Crippen molar-refractivity contribution < 1.29 is 5.11 Å². The van der Waals surface area contributed by atoms with Crippen LogP contribution in [0.2, 0.25) is 10.0 Å². The zero-order valence-electron chi connectivity index (χ0n) is 9.76. The summed E-state index contributed by atoms with van der Waals surface area (Å²) < 4.78 is 0. The monoisotopic (exact) mass is 260 g/mol. The molecule has 1 rings (SSSR count). The lowest BCUT2D eigenvalue weighted by atomic mass is 9.90. The molecule has 0 fully saturated rings. The minimum atomic E-state index is -0.816. The van der Waals surface area contributed by atoms with Crippen molar-refractivity contribution in [1.29, 1.82) is 0 Å². The molecule has 0 radical (unpaired) electrons. The van der Waals surface area contributed by atoms with E-state index >= 15 is 0 Å². The summed E-state index contributed by atoms with van der Waals surface area (Å²) in [6.45, 7) is 3.97. The van der Waals surface area contributed by atoms with Crippen molar-refractivity contribution in [2.24, 2.45) is 0 Å². The van der Waals surface area contributed by atoms with E-state index in [2.05, 4.69) is 6.92 Å².